The molecule has 2 heteroatoms. The zero-order valence-electron chi connectivity index (χ0n) is 11.1. The minimum absolute atomic E-state index is 0.755. The molecule has 1 heterocycles. The molecule has 0 aromatic heterocycles. The Hall–Kier alpha value is -0.860. The van der Waals surface area contributed by atoms with Crippen LogP contribution in [-0.4, -0.2) is 24.5 Å². The molecule has 94 valence electrons. The van der Waals surface area contributed by atoms with Gasteiger partial charge >= 0.3 is 0 Å². The van der Waals surface area contributed by atoms with Crippen molar-refractivity contribution in [3.05, 3.63) is 34.9 Å². The monoisotopic (exact) mass is 232 g/mol. The van der Waals surface area contributed by atoms with E-state index in [1.807, 2.05) is 0 Å². The molecule has 2 N–H and O–H groups in total. The van der Waals surface area contributed by atoms with Crippen LogP contribution in [0.15, 0.2) is 18.2 Å². The Kier molecular flexibility index (Phi) is 4.19. The van der Waals surface area contributed by atoms with Gasteiger partial charge in [0.25, 0.3) is 0 Å². The molecule has 0 amide bonds. The Balaban J connectivity index is 1.93. The van der Waals surface area contributed by atoms with E-state index in [0.29, 0.717) is 0 Å². The van der Waals surface area contributed by atoms with Crippen molar-refractivity contribution in [3.63, 3.8) is 0 Å². The zero-order chi connectivity index (χ0) is 12.3. The molecular formula is C15H24N2. The number of nitrogens with zero attached hydrogens (tertiary/aromatic N) is 1. The van der Waals surface area contributed by atoms with Crippen molar-refractivity contribution in [1.29, 1.82) is 0 Å². The maximum atomic E-state index is 5.72. The molecule has 1 fully saturated rings. The highest BCUT2D eigenvalue weighted by molar-refractivity contribution is 5.28. The van der Waals surface area contributed by atoms with Gasteiger partial charge in [-0.1, -0.05) is 29.3 Å². The fraction of sp³-hybridized carbons (Fsp3) is 0.600. The highest BCUT2D eigenvalue weighted by Gasteiger charge is 2.17. The number of rotatable bonds is 3. The molecule has 0 saturated carbocycles. The standard InChI is InChI=1S/C15H24N2/c1-12-7-13(2)9-15(8-12)11-17-5-3-14(10-16)4-6-17/h7-9,14H,3-6,10-11,16H2,1-2H3. The van der Waals surface area contributed by atoms with Gasteiger partial charge in [-0.3, -0.25) is 4.90 Å². The number of piperidine rings is 1. The van der Waals surface area contributed by atoms with Crippen LogP contribution >= 0.6 is 0 Å². The van der Waals surface area contributed by atoms with Crippen molar-refractivity contribution in [1.82, 2.24) is 4.90 Å². The van der Waals surface area contributed by atoms with Gasteiger partial charge in [0, 0.05) is 6.54 Å². The summed E-state index contributed by atoms with van der Waals surface area (Å²) in [7, 11) is 0. The molecule has 1 aromatic rings. The molecule has 0 bridgehead atoms. The first kappa shape index (κ1) is 12.6. The minimum Gasteiger partial charge on any atom is -0.330 e. The van der Waals surface area contributed by atoms with Crippen molar-refractivity contribution < 1.29 is 0 Å². The molecule has 17 heavy (non-hydrogen) atoms. The van der Waals surface area contributed by atoms with Crippen molar-refractivity contribution in [2.45, 2.75) is 33.2 Å². The second-order valence-electron chi connectivity index (χ2n) is 5.45. The minimum atomic E-state index is 0.755. The quantitative estimate of drug-likeness (QED) is 0.867. The van der Waals surface area contributed by atoms with Gasteiger partial charge in [-0.05, 0) is 57.8 Å². The Labute approximate surface area is 105 Å². The Morgan fingerprint density at radius 1 is 1.12 bits per heavy atom. The number of nitrogens with two attached hydrogens (primary N) is 1. The first-order valence-electron chi connectivity index (χ1n) is 6.67. The SMILES string of the molecule is Cc1cc(C)cc(CN2CCC(CN)CC2)c1. The molecule has 1 aromatic carbocycles. The van der Waals surface area contributed by atoms with Gasteiger partial charge in [0.15, 0.2) is 0 Å². The van der Waals surface area contributed by atoms with Crippen molar-refractivity contribution in [2.24, 2.45) is 11.7 Å². The van der Waals surface area contributed by atoms with Gasteiger partial charge in [-0.15, -0.1) is 0 Å². The molecular weight excluding hydrogens is 208 g/mol. The van der Waals surface area contributed by atoms with Crippen LogP contribution in [0.3, 0.4) is 0 Å². The molecule has 0 aliphatic carbocycles. The predicted octanol–water partition coefficient (Wildman–Crippen LogP) is 2.47. The van der Waals surface area contributed by atoms with E-state index < -0.39 is 0 Å². The molecule has 2 nitrogen and oxygen atoms in total. The smallest absolute Gasteiger partial charge is 0.0233 e. The van der Waals surface area contributed by atoms with Crippen LogP contribution in [0, 0.1) is 19.8 Å². The second-order valence-corrected chi connectivity index (χ2v) is 5.45. The summed E-state index contributed by atoms with van der Waals surface area (Å²) in [5.74, 6) is 0.755. The lowest BCUT2D eigenvalue weighted by molar-refractivity contribution is 0.180. The fourth-order valence-electron chi connectivity index (χ4n) is 2.80. The van der Waals surface area contributed by atoms with Crippen LogP contribution in [0.2, 0.25) is 0 Å². The average molecular weight is 232 g/mol. The van der Waals surface area contributed by atoms with Gasteiger partial charge < -0.3 is 5.73 Å². The summed E-state index contributed by atoms with van der Waals surface area (Å²) in [6.07, 6.45) is 2.53. The van der Waals surface area contributed by atoms with E-state index in [2.05, 4.69) is 36.9 Å². The van der Waals surface area contributed by atoms with Crippen LogP contribution < -0.4 is 5.73 Å². The van der Waals surface area contributed by atoms with Gasteiger partial charge in [0.1, 0.15) is 0 Å². The molecule has 1 saturated heterocycles. The summed E-state index contributed by atoms with van der Waals surface area (Å²) in [5, 5.41) is 0. The molecule has 0 radical (unpaired) electrons. The number of hydrogen-bond acceptors (Lipinski definition) is 2. The normalized spacial score (nSPS) is 18.5. The predicted molar refractivity (Wildman–Crippen MR) is 73.0 cm³/mol. The summed E-state index contributed by atoms with van der Waals surface area (Å²) in [5.41, 5.74) is 9.92. The number of aryl methyl sites for hydroxylation is 2. The van der Waals surface area contributed by atoms with E-state index >= 15 is 0 Å². The van der Waals surface area contributed by atoms with E-state index in [9.17, 15) is 0 Å². The van der Waals surface area contributed by atoms with E-state index in [4.69, 9.17) is 5.73 Å². The first-order valence-corrected chi connectivity index (χ1v) is 6.67. The maximum Gasteiger partial charge on any atom is 0.0233 e. The summed E-state index contributed by atoms with van der Waals surface area (Å²) in [6, 6.07) is 6.86. The van der Waals surface area contributed by atoms with Crippen molar-refractivity contribution in [2.75, 3.05) is 19.6 Å². The van der Waals surface area contributed by atoms with E-state index in [-0.39, 0.29) is 0 Å². The van der Waals surface area contributed by atoms with Gasteiger partial charge in [0.2, 0.25) is 0 Å². The summed E-state index contributed by atoms with van der Waals surface area (Å²) in [6.45, 7) is 8.72. The Morgan fingerprint density at radius 2 is 1.71 bits per heavy atom. The van der Waals surface area contributed by atoms with Crippen LogP contribution in [0.1, 0.15) is 29.5 Å². The highest BCUT2D eigenvalue weighted by Crippen LogP contribution is 2.19. The molecule has 0 atom stereocenters. The first-order chi connectivity index (χ1) is 8.17. The highest BCUT2D eigenvalue weighted by atomic mass is 15.1. The number of benzene rings is 1. The lowest BCUT2D eigenvalue weighted by Crippen LogP contribution is -2.35. The molecule has 0 unspecified atom stereocenters. The van der Waals surface area contributed by atoms with Crippen molar-refractivity contribution in [3.8, 4) is 0 Å². The maximum absolute atomic E-state index is 5.72. The Morgan fingerprint density at radius 3 is 2.24 bits per heavy atom. The largest absolute Gasteiger partial charge is 0.330 e. The fourth-order valence-corrected chi connectivity index (χ4v) is 2.80. The lowest BCUT2D eigenvalue weighted by Gasteiger charge is -2.31. The third kappa shape index (κ3) is 3.55. The van der Waals surface area contributed by atoms with Gasteiger partial charge in [-0.25, -0.2) is 0 Å². The van der Waals surface area contributed by atoms with Gasteiger partial charge in [-0.2, -0.15) is 0 Å². The van der Waals surface area contributed by atoms with Crippen molar-refractivity contribution >= 4 is 0 Å². The average Bonchev–Trinajstić information content (AvgIpc) is 2.28. The third-order valence-corrected chi connectivity index (χ3v) is 3.73. The van der Waals surface area contributed by atoms with E-state index in [1.165, 1.54) is 42.6 Å². The Bertz CT molecular complexity index is 345. The molecule has 2 rings (SSSR count). The third-order valence-electron chi connectivity index (χ3n) is 3.73. The molecule has 1 aliphatic heterocycles. The molecule has 0 spiro atoms. The lowest BCUT2D eigenvalue weighted by atomic mass is 9.96. The van der Waals surface area contributed by atoms with E-state index in [0.717, 1.165) is 19.0 Å². The summed E-state index contributed by atoms with van der Waals surface area (Å²) >= 11 is 0. The summed E-state index contributed by atoms with van der Waals surface area (Å²) < 4.78 is 0. The zero-order valence-corrected chi connectivity index (χ0v) is 11.1. The molecule has 1 aliphatic rings. The topological polar surface area (TPSA) is 29.3 Å². The van der Waals surface area contributed by atoms with E-state index in [1.54, 1.807) is 0 Å². The van der Waals surface area contributed by atoms with Crippen LogP contribution in [0.5, 0.6) is 0 Å². The van der Waals surface area contributed by atoms with Crippen LogP contribution in [0.4, 0.5) is 0 Å². The van der Waals surface area contributed by atoms with Gasteiger partial charge in [0.05, 0.1) is 0 Å². The summed E-state index contributed by atoms with van der Waals surface area (Å²) in [4.78, 5) is 2.56. The number of likely N-dealkylation sites (tertiary alicyclic amines) is 1. The van der Waals surface area contributed by atoms with Crippen LogP contribution in [0.25, 0.3) is 0 Å². The van der Waals surface area contributed by atoms with Crippen LogP contribution in [-0.2, 0) is 6.54 Å². The number of hydrogen-bond donors (Lipinski definition) is 1. The second kappa shape index (κ2) is 5.65.